The maximum atomic E-state index is 12.8. The molecule has 1 aromatic carbocycles. The number of aliphatic carboxylic acids is 1. The van der Waals surface area contributed by atoms with Crippen molar-refractivity contribution in [3.05, 3.63) is 30.1 Å². The van der Waals surface area contributed by atoms with E-state index in [9.17, 15) is 18.8 Å². The molecule has 2 amide bonds. The smallest absolute Gasteiger partial charge is 0.346 e. The molecule has 1 heterocycles. The van der Waals surface area contributed by atoms with Crippen molar-refractivity contribution in [2.24, 2.45) is 5.10 Å². The summed E-state index contributed by atoms with van der Waals surface area (Å²) >= 11 is 0. The molecule has 128 valence electrons. The van der Waals surface area contributed by atoms with Gasteiger partial charge in [0.25, 0.3) is 5.91 Å². The van der Waals surface area contributed by atoms with Crippen molar-refractivity contribution in [2.75, 3.05) is 13.6 Å². The van der Waals surface area contributed by atoms with Gasteiger partial charge in [0, 0.05) is 19.9 Å². The van der Waals surface area contributed by atoms with Crippen molar-refractivity contribution in [1.29, 1.82) is 0 Å². The molecule has 2 N–H and O–H groups in total. The van der Waals surface area contributed by atoms with Crippen LogP contribution in [0.4, 0.5) is 4.39 Å². The summed E-state index contributed by atoms with van der Waals surface area (Å²) in [5.41, 5.74) is 0.142. The van der Waals surface area contributed by atoms with Gasteiger partial charge in [0.05, 0.1) is 6.54 Å². The van der Waals surface area contributed by atoms with E-state index in [0.29, 0.717) is 0 Å². The monoisotopic (exact) mass is 337 g/mol. The summed E-state index contributed by atoms with van der Waals surface area (Å²) in [6, 6.07) is 4.85. The molecule has 0 saturated carbocycles. The Morgan fingerprint density at radius 3 is 2.62 bits per heavy atom. The van der Waals surface area contributed by atoms with Gasteiger partial charge in [-0.2, -0.15) is 5.10 Å². The molecule has 0 fully saturated rings. The molecule has 9 heteroatoms. The van der Waals surface area contributed by atoms with Crippen molar-refractivity contribution in [1.82, 2.24) is 10.3 Å². The molecule has 1 unspecified atom stereocenters. The normalized spacial score (nSPS) is 15.5. The fourth-order valence-electron chi connectivity index (χ4n) is 1.98. The van der Waals surface area contributed by atoms with Crippen LogP contribution in [0.2, 0.25) is 0 Å². The van der Waals surface area contributed by atoms with Gasteiger partial charge >= 0.3 is 5.97 Å². The topological polar surface area (TPSA) is 108 Å². The largest absolute Gasteiger partial charge is 0.478 e. The highest BCUT2D eigenvalue weighted by Crippen LogP contribution is 2.13. The Morgan fingerprint density at radius 1 is 1.38 bits per heavy atom. The van der Waals surface area contributed by atoms with Gasteiger partial charge in [-0.25, -0.2) is 14.2 Å². The lowest BCUT2D eigenvalue weighted by Crippen LogP contribution is -2.44. The Morgan fingerprint density at radius 2 is 2.04 bits per heavy atom. The highest BCUT2D eigenvalue weighted by Gasteiger charge is 2.25. The van der Waals surface area contributed by atoms with Crippen molar-refractivity contribution in [3.63, 3.8) is 0 Å². The van der Waals surface area contributed by atoms with E-state index in [4.69, 9.17) is 9.84 Å². The first-order valence-electron chi connectivity index (χ1n) is 7.14. The number of hydrogen-bond acceptors (Lipinski definition) is 5. The first-order valence-corrected chi connectivity index (χ1v) is 7.14. The predicted molar refractivity (Wildman–Crippen MR) is 80.9 cm³/mol. The maximum absolute atomic E-state index is 12.8. The molecule has 0 saturated heterocycles. The number of rotatable bonds is 6. The standard InChI is InChI=1S/C15H16FN3O5/c1-19-13(20)7-6-11(18-19)14(21)17-8-12(15(22)23)24-10-4-2-9(16)3-5-10/h2-5,12H,6-8H2,1H3,(H,17,21)(H,22,23). The van der Waals surface area contributed by atoms with Crippen LogP contribution in [-0.4, -0.2) is 53.3 Å². The van der Waals surface area contributed by atoms with Crippen LogP contribution in [0, 0.1) is 5.82 Å². The molecule has 8 nitrogen and oxygen atoms in total. The van der Waals surface area contributed by atoms with Gasteiger partial charge in [0.15, 0.2) is 0 Å². The van der Waals surface area contributed by atoms with E-state index in [-0.39, 0.29) is 36.8 Å². The number of amides is 2. The average Bonchev–Trinajstić information content (AvgIpc) is 2.55. The molecule has 0 spiro atoms. The van der Waals surface area contributed by atoms with Gasteiger partial charge in [-0.1, -0.05) is 0 Å². The number of carboxylic acid groups (broad SMARTS) is 1. The van der Waals surface area contributed by atoms with E-state index in [1.54, 1.807) is 0 Å². The third kappa shape index (κ3) is 4.51. The van der Waals surface area contributed by atoms with Crippen LogP contribution in [-0.2, 0) is 14.4 Å². The summed E-state index contributed by atoms with van der Waals surface area (Å²) in [6.07, 6.45) is -0.995. The fourth-order valence-corrected chi connectivity index (χ4v) is 1.98. The van der Waals surface area contributed by atoms with Gasteiger partial charge in [0.2, 0.25) is 12.0 Å². The van der Waals surface area contributed by atoms with Crippen molar-refractivity contribution >= 4 is 23.5 Å². The van der Waals surface area contributed by atoms with Crippen molar-refractivity contribution < 1.29 is 28.6 Å². The summed E-state index contributed by atoms with van der Waals surface area (Å²) in [4.78, 5) is 34.5. The number of hydrogen-bond donors (Lipinski definition) is 2. The molecule has 24 heavy (non-hydrogen) atoms. The third-order valence-electron chi connectivity index (χ3n) is 3.28. The number of hydrazone groups is 1. The molecular weight excluding hydrogens is 321 g/mol. The van der Waals surface area contributed by atoms with Crippen molar-refractivity contribution in [2.45, 2.75) is 18.9 Å². The second-order valence-electron chi connectivity index (χ2n) is 5.07. The second-order valence-corrected chi connectivity index (χ2v) is 5.07. The molecule has 0 aromatic heterocycles. The Bertz CT molecular complexity index is 674. The first kappa shape index (κ1) is 17.4. The average molecular weight is 337 g/mol. The number of nitrogens with zero attached hydrogens (tertiary/aromatic N) is 2. The molecule has 0 bridgehead atoms. The zero-order valence-electron chi connectivity index (χ0n) is 12.9. The molecule has 0 aliphatic carbocycles. The minimum atomic E-state index is -1.34. The third-order valence-corrected chi connectivity index (χ3v) is 3.28. The molecule has 1 aromatic rings. The van der Waals surface area contributed by atoms with Crippen LogP contribution in [0.5, 0.6) is 5.75 Å². The lowest BCUT2D eigenvalue weighted by atomic mass is 10.1. The zero-order valence-corrected chi connectivity index (χ0v) is 12.9. The summed E-state index contributed by atoms with van der Waals surface area (Å²) in [7, 11) is 1.44. The Balaban J connectivity index is 1.95. The molecule has 1 atom stereocenters. The number of carbonyl (C=O) groups is 3. The van der Waals surface area contributed by atoms with E-state index in [1.165, 1.54) is 19.2 Å². The number of benzene rings is 1. The summed E-state index contributed by atoms with van der Waals surface area (Å²) < 4.78 is 18.1. The summed E-state index contributed by atoms with van der Waals surface area (Å²) in [5.74, 6) is -2.36. The number of nitrogens with one attached hydrogen (secondary N) is 1. The van der Waals surface area contributed by atoms with Gasteiger partial charge in [-0.15, -0.1) is 0 Å². The van der Waals surface area contributed by atoms with E-state index in [0.717, 1.165) is 17.1 Å². The summed E-state index contributed by atoms with van der Waals surface area (Å²) in [5, 5.41) is 16.5. The van der Waals surface area contributed by atoms with E-state index >= 15 is 0 Å². The Kier molecular flexibility index (Phi) is 5.46. The number of ether oxygens (including phenoxy) is 1. The van der Waals surface area contributed by atoms with Crippen LogP contribution in [0.1, 0.15) is 12.8 Å². The van der Waals surface area contributed by atoms with Crippen LogP contribution >= 0.6 is 0 Å². The van der Waals surface area contributed by atoms with Crippen LogP contribution < -0.4 is 10.1 Å². The van der Waals surface area contributed by atoms with Crippen LogP contribution in [0.15, 0.2) is 29.4 Å². The highest BCUT2D eigenvalue weighted by molar-refractivity contribution is 6.39. The Hall–Kier alpha value is -2.97. The van der Waals surface area contributed by atoms with Gasteiger partial charge < -0.3 is 15.2 Å². The minimum absolute atomic E-state index is 0.142. The first-order chi connectivity index (χ1) is 11.4. The van der Waals surface area contributed by atoms with Crippen molar-refractivity contribution in [3.8, 4) is 5.75 Å². The molecule has 1 aliphatic heterocycles. The van der Waals surface area contributed by atoms with E-state index in [1.807, 2.05) is 0 Å². The molecule has 0 radical (unpaired) electrons. The molecule has 1 aliphatic rings. The summed E-state index contributed by atoms with van der Waals surface area (Å²) in [6.45, 7) is -0.303. The number of carboxylic acids is 1. The van der Waals surface area contributed by atoms with E-state index < -0.39 is 23.8 Å². The van der Waals surface area contributed by atoms with Gasteiger partial charge in [0.1, 0.15) is 17.3 Å². The highest BCUT2D eigenvalue weighted by atomic mass is 19.1. The lowest BCUT2D eigenvalue weighted by Gasteiger charge is -2.20. The SMILES string of the molecule is CN1N=C(C(=O)NCC(Oc2ccc(F)cc2)C(=O)O)CCC1=O. The molecular formula is C15H16FN3O5. The Labute approximate surface area is 136 Å². The number of carbonyl (C=O) groups excluding carboxylic acids is 2. The number of halogens is 1. The molecule has 2 rings (SSSR count). The quantitative estimate of drug-likeness (QED) is 0.780. The lowest BCUT2D eigenvalue weighted by molar-refractivity contribution is -0.144. The van der Waals surface area contributed by atoms with Gasteiger partial charge in [-0.05, 0) is 24.3 Å². The maximum Gasteiger partial charge on any atom is 0.346 e. The zero-order chi connectivity index (χ0) is 17.7. The van der Waals surface area contributed by atoms with E-state index in [2.05, 4.69) is 10.4 Å². The van der Waals surface area contributed by atoms with Gasteiger partial charge in [-0.3, -0.25) is 9.59 Å². The second kappa shape index (κ2) is 7.53. The van der Waals surface area contributed by atoms with Crippen LogP contribution in [0.25, 0.3) is 0 Å². The minimum Gasteiger partial charge on any atom is -0.478 e. The predicted octanol–water partition coefficient (Wildman–Crippen LogP) is 0.382. The van der Waals surface area contributed by atoms with Crippen LogP contribution in [0.3, 0.4) is 0 Å². The fraction of sp³-hybridized carbons (Fsp3) is 0.333.